The predicted molar refractivity (Wildman–Crippen MR) is 51.9 cm³/mol. The molecule has 0 aromatic rings. The van der Waals surface area contributed by atoms with Crippen LogP contribution in [0.3, 0.4) is 0 Å². The number of carbonyl (C=O) groups excluding carboxylic acids is 1. The van der Waals surface area contributed by atoms with Crippen molar-refractivity contribution in [2.24, 2.45) is 0 Å². The molecule has 0 aliphatic rings. The van der Waals surface area contributed by atoms with Gasteiger partial charge in [-0.1, -0.05) is 6.58 Å². The van der Waals surface area contributed by atoms with Crippen LogP contribution in [-0.4, -0.2) is 48.6 Å². The van der Waals surface area contributed by atoms with E-state index >= 15 is 0 Å². The normalized spacial score (nSPS) is 16.7. The molecule has 0 saturated carbocycles. The first-order valence-corrected chi connectivity index (χ1v) is 5.39. The molecular formula is C10H6F12O2. The van der Waals surface area contributed by atoms with Crippen LogP contribution in [0.5, 0.6) is 0 Å². The maximum absolute atomic E-state index is 13.1. The van der Waals surface area contributed by atoms with Gasteiger partial charge < -0.3 is 4.74 Å². The van der Waals surface area contributed by atoms with Crippen molar-refractivity contribution in [1.82, 2.24) is 0 Å². The molecule has 0 aromatic heterocycles. The monoisotopic (exact) mass is 386 g/mol. The molecule has 0 rings (SSSR count). The van der Waals surface area contributed by atoms with Crippen LogP contribution in [0.25, 0.3) is 0 Å². The number of halogens is 12. The van der Waals surface area contributed by atoms with Crippen LogP contribution in [-0.2, 0) is 9.53 Å². The maximum atomic E-state index is 13.1. The van der Waals surface area contributed by atoms with Crippen LogP contribution >= 0.6 is 0 Å². The topological polar surface area (TPSA) is 26.3 Å². The highest BCUT2D eigenvalue weighted by Gasteiger charge is 2.85. The van der Waals surface area contributed by atoms with E-state index in [-0.39, 0.29) is 6.08 Å². The number of hydrogen-bond donors (Lipinski definition) is 0. The van der Waals surface area contributed by atoms with E-state index in [4.69, 9.17) is 0 Å². The summed E-state index contributed by atoms with van der Waals surface area (Å²) in [4.78, 5) is 10.4. The number of esters is 1. The average Bonchev–Trinajstić information content (AvgIpc) is 2.44. The van der Waals surface area contributed by atoms with Crippen LogP contribution in [0, 0.1) is 0 Å². The Hall–Kier alpha value is -1.63. The van der Waals surface area contributed by atoms with Crippen molar-refractivity contribution >= 4 is 5.97 Å². The summed E-state index contributed by atoms with van der Waals surface area (Å²) in [7, 11) is 0. The molecule has 0 amide bonds. The van der Waals surface area contributed by atoms with E-state index in [2.05, 4.69) is 11.3 Å². The second kappa shape index (κ2) is 6.70. The van der Waals surface area contributed by atoms with Crippen LogP contribution in [0.15, 0.2) is 12.7 Å². The van der Waals surface area contributed by atoms with Crippen molar-refractivity contribution in [3.63, 3.8) is 0 Å². The van der Waals surface area contributed by atoms with E-state index in [1.165, 1.54) is 0 Å². The summed E-state index contributed by atoms with van der Waals surface area (Å²) in [6.45, 7) is 2.51. The molecule has 2 atom stereocenters. The minimum Gasteiger partial charge on any atom is -0.421 e. The molecule has 0 N–H and O–H groups in total. The Morgan fingerprint density at radius 2 is 1.21 bits per heavy atom. The second-order valence-corrected chi connectivity index (χ2v) is 4.09. The van der Waals surface area contributed by atoms with E-state index in [9.17, 15) is 57.5 Å². The Morgan fingerprint density at radius 1 is 0.833 bits per heavy atom. The lowest BCUT2D eigenvalue weighted by molar-refractivity contribution is -0.399. The van der Waals surface area contributed by atoms with E-state index < -0.39 is 48.6 Å². The largest absolute Gasteiger partial charge is 0.421 e. The Morgan fingerprint density at radius 3 is 1.54 bits per heavy atom. The van der Waals surface area contributed by atoms with Crippen molar-refractivity contribution in [2.75, 3.05) is 0 Å². The standard InChI is InChI=1S/C10H6F12O2/c1-2-3(23)24-6(14)8(17,18)10(21,22)9(19,20)7(15,16)4(11)5(12)13/h2,4-6H,1H2. The van der Waals surface area contributed by atoms with Gasteiger partial charge in [-0.2, -0.15) is 39.5 Å². The second-order valence-electron chi connectivity index (χ2n) is 4.09. The molecule has 0 radical (unpaired) electrons. The summed E-state index contributed by atoms with van der Waals surface area (Å²) in [6, 6.07) is 0. The Kier molecular flexibility index (Phi) is 6.25. The first-order valence-electron chi connectivity index (χ1n) is 5.39. The molecule has 0 aliphatic heterocycles. The minimum atomic E-state index is -7.48. The van der Waals surface area contributed by atoms with Crippen molar-refractivity contribution < 1.29 is 62.2 Å². The van der Waals surface area contributed by atoms with Crippen molar-refractivity contribution in [3.05, 3.63) is 12.7 Å². The lowest BCUT2D eigenvalue weighted by Crippen LogP contribution is -2.67. The van der Waals surface area contributed by atoms with Crippen LogP contribution in [0.1, 0.15) is 0 Å². The number of carbonyl (C=O) groups is 1. The summed E-state index contributed by atoms with van der Waals surface area (Å²) < 4.78 is 155. The molecule has 0 saturated heterocycles. The van der Waals surface area contributed by atoms with Crippen LogP contribution in [0.2, 0.25) is 0 Å². The number of ether oxygens (including phenoxy) is 1. The van der Waals surface area contributed by atoms with E-state index in [0.717, 1.165) is 0 Å². The zero-order chi connectivity index (χ0) is 19.7. The maximum Gasteiger partial charge on any atom is 0.385 e. The van der Waals surface area contributed by atoms with Gasteiger partial charge in [0.25, 0.3) is 6.43 Å². The van der Waals surface area contributed by atoms with Gasteiger partial charge in [0.05, 0.1) is 0 Å². The summed E-state index contributed by atoms with van der Waals surface area (Å²) in [5.74, 6) is -30.9. The van der Waals surface area contributed by atoms with Crippen LogP contribution < -0.4 is 0 Å². The zero-order valence-corrected chi connectivity index (χ0v) is 10.9. The minimum absolute atomic E-state index is 0.0675. The van der Waals surface area contributed by atoms with Gasteiger partial charge in [-0.3, -0.25) is 0 Å². The third-order valence-corrected chi connectivity index (χ3v) is 2.47. The Balaban J connectivity index is 5.90. The molecule has 0 spiro atoms. The first kappa shape index (κ1) is 22.4. The summed E-state index contributed by atoms with van der Waals surface area (Å²) in [5, 5.41) is 0. The molecule has 142 valence electrons. The van der Waals surface area contributed by atoms with Gasteiger partial charge in [0.2, 0.25) is 6.17 Å². The van der Waals surface area contributed by atoms with Gasteiger partial charge in [-0.05, 0) is 0 Å². The molecule has 24 heavy (non-hydrogen) atoms. The molecule has 14 heteroatoms. The van der Waals surface area contributed by atoms with Crippen molar-refractivity contribution in [1.29, 1.82) is 0 Å². The molecule has 0 heterocycles. The highest BCUT2D eigenvalue weighted by molar-refractivity contribution is 5.81. The van der Waals surface area contributed by atoms with Gasteiger partial charge >= 0.3 is 36.0 Å². The highest BCUT2D eigenvalue weighted by atomic mass is 19.4. The molecule has 2 nitrogen and oxygen atoms in total. The van der Waals surface area contributed by atoms with Gasteiger partial charge in [-0.15, -0.1) is 0 Å². The Labute approximate surface area is 125 Å². The SMILES string of the molecule is C=CC(=O)OC(F)C(F)(F)C(F)(F)C(F)(F)C(F)(F)C(F)C(F)F. The van der Waals surface area contributed by atoms with Gasteiger partial charge in [0.15, 0.2) is 0 Å². The summed E-state index contributed by atoms with van der Waals surface area (Å²) >= 11 is 0. The van der Waals surface area contributed by atoms with Gasteiger partial charge in [-0.25, -0.2) is 18.0 Å². The molecular weight excluding hydrogens is 380 g/mol. The van der Waals surface area contributed by atoms with Crippen LogP contribution in [0.4, 0.5) is 52.7 Å². The van der Waals surface area contributed by atoms with E-state index in [1.54, 1.807) is 0 Å². The summed E-state index contributed by atoms with van der Waals surface area (Å²) in [6.07, 6.45) is -15.2. The van der Waals surface area contributed by atoms with E-state index in [0.29, 0.717) is 0 Å². The van der Waals surface area contributed by atoms with Crippen molar-refractivity contribution in [3.8, 4) is 0 Å². The fourth-order valence-corrected chi connectivity index (χ4v) is 1.12. The van der Waals surface area contributed by atoms with Gasteiger partial charge in [0, 0.05) is 6.08 Å². The third kappa shape index (κ3) is 3.41. The first-order chi connectivity index (χ1) is 10.5. The fourth-order valence-electron chi connectivity index (χ4n) is 1.12. The molecule has 0 aromatic carbocycles. The molecule has 2 unspecified atom stereocenters. The molecule has 0 fully saturated rings. The molecule has 0 bridgehead atoms. The fraction of sp³-hybridized carbons (Fsp3) is 0.700. The zero-order valence-electron chi connectivity index (χ0n) is 10.9. The predicted octanol–water partition coefficient (Wildman–Crippen LogP) is 4.16. The Bertz CT molecular complexity index is 474. The summed E-state index contributed by atoms with van der Waals surface area (Å²) in [5.41, 5.74) is 0. The average molecular weight is 386 g/mol. The third-order valence-electron chi connectivity index (χ3n) is 2.47. The quantitative estimate of drug-likeness (QED) is 0.356. The lowest BCUT2D eigenvalue weighted by Gasteiger charge is -2.38. The lowest BCUT2D eigenvalue weighted by atomic mass is 9.95. The molecule has 0 aliphatic carbocycles. The van der Waals surface area contributed by atoms with E-state index in [1.807, 2.05) is 0 Å². The number of hydrogen-bond acceptors (Lipinski definition) is 2. The highest BCUT2D eigenvalue weighted by Crippen LogP contribution is 2.56. The number of alkyl halides is 12. The smallest absolute Gasteiger partial charge is 0.385 e. The van der Waals surface area contributed by atoms with Gasteiger partial charge in [0.1, 0.15) is 0 Å². The van der Waals surface area contributed by atoms with Crippen molar-refractivity contribution in [2.45, 2.75) is 42.6 Å². The number of rotatable bonds is 8.